The highest BCUT2D eigenvalue weighted by molar-refractivity contribution is 7.92. The third-order valence-corrected chi connectivity index (χ3v) is 4.59. The standard InChI is InChI=1S/C15H21N3O3S/c1-5-21-14-9-7-6-8-13(14)17-22(19,20)15-10-18(11(2)3)16-12(15)4/h6-11,17H,5H2,1-4H3. The number of aromatic nitrogens is 2. The van der Waals surface area contributed by atoms with Crippen LogP contribution < -0.4 is 9.46 Å². The Hall–Kier alpha value is -2.02. The normalized spacial score (nSPS) is 11.7. The summed E-state index contributed by atoms with van der Waals surface area (Å²) in [5, 5.41) is 4.24. The van der Waals surface area contributed by atoms with E-state index in [4.69, 9.17) is 4.74 Å². The number of rotatable bonds is 6. The van der Waals surface area contributed by atoms with E-state index in [2.05, 4.69) is 9.82 Å². The average molecular weight is 323 g/mol. The quantitative estimate of drug-likeness (QED) is 0.887. The number of nitrogens with zero attached hydrogens (tertiary/aromatic N) is 2. The number of hydrogen-bond acceptors (Lipinski definition) is 4. The topological polar surface area (TPSA) is 73.2 Å². The monoisotopic (exact) mass is 323 g/mol. The molecule has 1 N–H and O–H groups in total. The largest absolute Gasteiger partial charge is 0.492 e. The Balaban J connectivity index is 2.36. The maximum Gasteiger partial charge on any atom is 0.265 e. The third-order valence-electron chi connectivity index (χ3n) is 3.12. The maximum atomic E-state index is 12.6. The molecule has 120 valence electrons. The average Bonchev–Trinajstić information content (AvgIpc) is 2.84. The molecule has 0 fully saturated rings. The van der Waals surface area contributed by atoms with Crippen LogP contribution in [0.15, 0.2) is 35.4 Å². The van der Waals surface area contributed by atoms with Crippen molar-refractivity contribution in [3.8, 4) is 5.75 Å². The molecular formula is C15H21N3O3S. The molecule has 0 aliphatic carbocycles. The molecule has 6 nitrogen and oxygen atoms in total. The molecule has 0 bridgehead atoms. The van der Waals surface area contributed by atoms with E-state index in [1.54, 1.807) is 42.1 Å². The molecule has 0 saturated heterocycles. The highest BCUT2D eigenvalue weighted by Gasteiger charge is 2.22. The van der Waals surface area contributed by atoms with E-state index in [-0.39, 0.29) is 10.9 Å². The Morgan fingerprint density at radius 3 is 2.59 bits per heavy atom. The number of anilines is 1. The molecule has 0 aliphatic heterocycles. The number of nitrogens with one attached hydrogen (secondary N) is 1. The van der Waals surface area contributed by atoms with Gasteiger partial charge in [0.15, 0.2) is 0 Å². The summed E-state index contributed by atoms with van der Waals surface area (Å²) in [4.78, 5) is 0.174. The zero-order valence-corrected chi connectivity index (χ0v) is 14.0. The zero-order chi connectivity index (χ0) is 16.3. The van der Waals surface area contributed by atoms with Gasteiger partial charge in [-0.2, -0.15) is 5.10 Å². The van der Waals surface area contributed by atoms with Gasteiger partial charge in [-0.05, 0) is 39.8 Å². The summed E-state index contributed by atoms with van der Waals surface area (Å²) in [6.07, 6.45) is 1.55. The molecule has 0 unspecified atom stereocenters. The summed E-state index contributed by atoms with van der Waals surface area (Å²) >= 11 is 0. The molecule has 0 atom stereocenters. The van der Waals surface area contributed by atoms with Crippen LogP contribution in [0.5, 0.6) is 5.75 Å². The summed E-state index contributed by atoms with van der Waals surface area (Å²) < 4.78 is 34.8. The van der Waals surface area contributed by atoms with Crippen LogP contribution in [-0.2, 0) is 10.0 Å². The second-order valence-corrected chi connectivity index (χ2v) is 6.84. The van der Waals surface area contributed by atoms with Gasteiger partial charge in [-0.25, -0.2) is 8.42 Å². The molecule has 0 radical (unpaired) electrons. The van der Waals surface area contributed by atoms with Crippen LogP contribution in [0.2, 0.25) is 0 Å². The van der Waals surface area contributed by atoms with Crippen molar-refractivity contribution < 1.29 is 13.2 Å². The van der Waals surface area contributed by atoms with Gasteiger partial charge < -0.3 is 4.74 Å². The number of para-hydroxylation sites is 2. The van der Waals surface area contributed by atoms with Crippen molar-refractivity contribution >= 4 is 15.7 Å². The van der Waals surface area contributed by atoms with E-state index in [9.17, 15) is 8.42 Å². The van der Waals surface area contributed by atoms with Gasteiger partial charge in [-0.15, -0.1) is 0 Å². The van der Waals surface area contributed by atoms with Crippen molar-refractivity contribution in [2.24, 2.45) is 0 Å². The van der Waals surface area contributed by atoms with Crippen LogP contribution in [0.1, 0.15) is 32.5 Å². The molecule has 2 rings (SSSR count). The first-order chi connectivity index (χ1) is 10.3. The molecule has 0 spiro atoms. The van der Waals surface area contributed by atoms with Gasteiger partial charge in [0.1, 0.15) is 10.6 Å². The minimum atomic E-state index is -3.71. The Morgan fingerprint density at radius 1 is 1.32 bits per heavy atom. The number of benzene rings is 1. The molecular weight excluding hydrogens is 302 g/mol. The zero-order valence-electron chi connectivity index (χ0n) is 13.2. The van der Waals surface area contributed by atoms with Gasteiger partial charge in [0.05, 0.1) is 18.0 Å². The van der Waals surface area contributed by atoms with Crippen LogP contribution in [0.3, 0.4) is 0 Å². The van der Waals surface area contributed by atoms with E-state index in [1.807, 2.05) is 20.8 Å². The van der Waals surface area contributed by atoms with Gasteiger partial charge in [-0.3, -0.25) is 9.40 Å². The predicted octanol–water partition coefficient (Wildman–Crippen LogP) is 2.97. The van der Waals surface area contributed by atoms with Crippen molar-refractivity contribution in [1.29, 1.82) is 0 Å². The Bertz CT molecular complexity index is 751. The number of aryl methyl sites for hydroxylation is 1. The third kappa shape index (κ3) is 3.41. The SMILES string of the molecule is CCOc1ccccc1NS(=O)(=O)c1cn(C(C)C)nc1C. The smallest absolute Gasteiger partial charge is 0.265 e. The van der Waals surface area contributed by atoms with E-state index >= 15 is 0 Å². The number of sulfonamides is 1. The first kappa shape index (κ1) is 16.4. The molecule has 1 aromatic heterocycles. The predicted molar refractivity (Wildman–Crippen MR) is 85.8 cm³/mol. The molecule has 0 amide bonds. The fourth-order valence-corrected chi connectivity index (χ4v) is 3.27. The minimum Gasteiger partial charge on any atom is -0.492 e. The Labute approximate surface area is 131 Å². The van der Waals surface area contributed by atoms with Crippen LogP contribution in [0.25, 0.3) is 0 Å². The maximum absolute atomic E-state index is 12.6. The van der Waals surface area contributed by atoms with Crippen molar-refractivity contribution in [2.75, 3.05) is 11.3 Å². The molecule has 7 heteroatoms. The summed E-state index contributed by atoms with van der Waals surface area (Å²) in [6.45, 7) is 7.88. The van der Waals surface area contributed by atoms with Crippen molar-refractivity contribution in [2.45, 2.75) is 38.6 Å². The summed E-state index contributed by atoms with van der Waals surface area (Å²) in [7, 11) is -3.71. The van der Waals surface area contributed by atoms with E-state index < -0.39 is 10.0 Å². The fourth-order valence-electron chi connectivity index (χ4n) is 2.03. The Morgan fingerprint density at radius 2 is 2.00 bits per heavy atom. The van der Waals surface area contributed by atoms with Crippen molar-refractivity contribution in [1.82, 2.24) is 9.78 Å². The lowest BCUT2D eigenvalue weighted by Gasteiger charge is -2.12. The van der Waals surface area contributed by atoms with Gasteiger partial charge in [-0.1, -0.05) is 12.1 Å². The van der Waals surface area contributed by atoms with Gasteiger partial charge >= 0.3 is 0 Å². The van der Waals surface area contributed by atoms with Gasteiger partial charge in [0.25, 0.3) is 10.0 Å². The lowest BCUT2D eigenvalue weighted by atomic mass is 10.3. The molecule has 22 heavy (non-hydrogen) atoms. The van der Waals surface area contributed by atoms with E-state index in [0.29, 0.717) is 23.7 Å². The molecule has 2 aromatic rings. The summed E-state index contributed by atoms with van der Waals surface area (Å²) in [5.41, 5.74) is 0.885. The van der Waals surface area contributed by atoms with E-state index in [1.165, 1.54) is 0 Å². The lowest BCUT2D eigenvalue weighted by molar-refractivity contribution is 0.342. The van der Waals surface area contributed by atoms with Gasteiger partial charge in [0, 0.05) is 12.2 Å². The number of hydrogen-bond donors (Lipinski definition) is 1. The molecule has 0 aliphatic rings. The summed E-state index contributed by atoms with van der Waals surface area (Å²) in [5.74, 6) is 0.502. The molecule has 1 heterocycles. The van der Waals surface area contributed by atoms with Crippen LogP contribution in [0, 0.1) is 6.92 Å². The van der Waals surface area contributed by atoms with Gasteiger partial charge in [0.2, 0.25) is 0 Å². The van der Waals surface area contributed by atoms with Crippen molar-refractivity contribution in [3.63, 3.8) is 0 Å². The number of ether oxygens (including phenoxy) is 1. The lowest BCUT2D eigenvalue weighted by Crippen LogP contribution is -2.14. The second kappa shape index (κ2) is 6.39. The van der Waals surface area contributed by atoms with Crippen LogP contribution in [-0.4, -0.2) is 24.8 Å². The fraction of sp³-hybridized carbons (Fsp3) is 0.400. The van der Waals surface area contributed by atoms with Crippen LogP contribution in [0.4, 0.5) is 5.69 Å². The highest BCUT2D eigenvalue weighted by Crippen LogP contribution is 2.27. The highest BCUT2D eigenvalue weighted by atomic mass is 32.2. The minimum absolute atomic E-state index is 0.0957. The first-order valence-electron chi connectivity index (χ1n) is 7.15. The summed E-state index contributed by atoms with van der Waals surface area (Å²) in [6, 6.07) is 7.05. The van der Waals surface area contributed by atoms with Crippen molar-refractivity contribution in [3.05, 3.63) is 36.2 Å². The first-order valence-corrected chi connectivity index (χ1v) is 8.64. The molecule has 0 saturated carbocycles. The second-order valence-electron chi connectivity index (χ2n) is 5.19. The van der Waals surface area contributed by atoms with E-state index in [0.717, 1.165) is 0 Å². The van der Waals surface area contributed by atoms with Crippen LogP contribution >= 0.6 is 0 Å². The molecule has 1 aromatic carbocycles. The Kier molecular flexibility index (Phi) is 4.75.